The van der Waals surface area contributed by atoms with Gasteiger partial charge in [0.2, 0.25) is 0 Å². The second-order valence-electron chi connectivity index (χ2n) is 6.66. The fourth-order valence-electron chi connectivity index (χ4n) is 4.08. The summed E-state index contributed by atoms with van der Waals surface area (Å²) in [7, 11) is 1.66. The lowest BCUT2D eigenvalue weighted by atomic mass is 9.93. The van der Waals surface area contributed by atoms with E-state index in [1.807, 2.05) is 48.5 Å². The molecule has 25 heavy (non-hydrogen) atoms. The third-order valence-corrected chi connectivity index (χ3v) is 5.63. The summed E-state index contributed by atoms with van der Waals surface area (Å²) in [5, 5.41) is 12.5. The molecule has 2 aliphatic heterocycles. The fraction of sp³-hybridized carbons (Fsp3) is 0.350. The van der Waals surface area contributed by atoms with Crippen LogP contribution in [-0.2, 0) is 5.72 Å². The van der Waals surface area contributed by atoms with Crippen LogP contribution < -0.4 is 9.64 Å². The van der Waals surface area contributed by atoms with E-state index in [4.69, 9.17) is 16.3 Å². The monoisotopic (exact) mass is 357 g/mol. The van der Waals surface area contributed by atoms with Gasteiger partial charge in [-0.15, -0.1) is 0 Å². The summed E-state index contributed by atoms with van der Waals surface area (Å²) in [5.74, 6) is 1.98. The molecule has 4 rings (SSSR count). The maximum Gasteiger partial charge on any atom is 0.278 e. The number of methoxy groups -OCH3 is 1. The molecular formula is C20H22ClN2O2+. The predicted octanol–water partition coefficient (Wildman–Crippen LogP) is 3.61. The van der Waals surface area contributed by atoms with E-state index in [0.29, 0.717) is 5.02 Å². The molecule has 0 fully saturated rings. The second-order valence-corrected chi connectivity index (χ2v) is 7.09. The largest absolute Gasteiger partial charge is 0.497 e. The van der Waals surface area contributed by atoms with Crippen molar-refractivity contribution in [1.29, 1.82) is 0 Å². The van der Waals surface area contributed by atoms with E-state index in [1.165, 1.54) is 5.84 Å². The summed E-state index contributed by atoms with van der Waals surface area (Å²) in [5.41, 5.74) is 0.682. The molecule has 1 N–H and O–H groups in total. The van der Waals surface area contributed by atoms with E-state index in [9.17, 15) is 5.11 Å². The van der Waals surface area contributed by atoms with Gasteiger partial charge < -0.3 is 9.84 Å². The fourth-order valence-corrected chi connectivity index (χ4v) is 4.21. The number of hydrogen-bond acceptors (Lipinski definition) is 3. The zero-order valence-electron chi connectivity index (χ0n) is 14.4. The van der Waals surface area contributed by atoms with E-state index < -0.39 is 5.72 Å². The second kappa shape index (κ2) is 6.04. The zero-order chi connectivity index (χ0) is 17.6. The maximum atomic E-state index is 11.9. The number of rotatable bonds is 3. The van der Waals surface area contributed by atoms with Crippen LogP contribution in [0.15, 0.2) is 48.5 Å². The summed E-state index contributed by atoms with van der Waals surface area (Å²) < 4.78 is 7.59. The Kier molecular flexibility index (Phi) is 3.97. The van der Waals surface area contributed by atoms with Gasteiger partial charge in [-0.3, -0.25) is 4.58 Å². The molecule has 2 heterocycles. The Morgan fingerprint density at radius 3 is 2.48 bits per heavy atom. The minimum atomic E-state index is -1.13. The molecule has 0 saturated heterocycles. The maximum absolute atomic E-state index is 11.9. The first-order valence-electron chi connectivity index (χ1n) is 8.61. The SMILES string of the molecule is COc1ccc(N2C3=[N+](CCC3)C(C)C2(O)c2ccc(Cl)cc2)cc1. The molecule has 4 nitrogen and oxygen atoms in total. The van der Waals surface area contributed by atoms with Crippen molar-refractivity contribution in [2.45, 2.75) is 31.5 Å². The van der Waals surface area contributed by atoms with Crippen molar-refractivity contribution in [2.24, 2.45) is 0 Å². The van der Waals surface area contributed by atoms with Crippen LogP contribution >= 0.6 is 11.6 Å². The molecule has 0 radical (unpaired) electrons. The Bertz CT molecular complexity index is 817. The Balaban J connectivity index is 1.85. The summed E-state index contributed by atoms with van der Waals surface area (Å²) in [6, 6.07) is 15.3. The van der Waals surface area contributed by atoms with E-state index in [2.05, 4.69) is 16.4 Å². The molecule has 2 aromatic carbocycles. The van der Waals surface area contributed by atoms with E-state index in [1.54, 1.807) is 7.11 Å². The third-order valence-electron chi connectivity index (χ3n) is 5.38. The standard InChI is InChI=1S/C20H22ClN2O2/c1-14-20(24,15-5-7-16(21)8-6-15)23(19-4-3-13-22(14)19)17-9-11-18(25-2)12-10-17/h5-12,14,24H,3-4,13H2,1-2H3/q+1. The Hall–Kier alpha value is -2.04. The van der Waals surface area contributed by atoms with Gasteiger partial charge in [0.1, 0.15) is 11.4 Å². The molecule has 0 bridgehead atoms. The number of amidine groups is 1. The Morgan fingerprint density at radius 1 is 1.16 bits per heavy atom. The molecule has 5 heteroatoms. The number of anilines is 1. The van der Waals surface area contributed by atoms with Crippen LogP contribution in [0, 0.1) is 0 Å². The average molecular weight is 358 g/mol. The summed E-state index contributed by atoms with van der Waals surface area (Å²) in [6.45, 7) is 3.06. The molecule has 2 aliphatic rings. The number of aliphatic hydroxyl groups is 1. The predicted molar refractivity (Wildman–Crippen MR) is 99.7 cm³/mol. The molecule has 2 aromatic rings. The average Bonchev–Trinajstić information content (AvgIpc) is 3.18. The third kappa shape index (κ3) is 2.43. The summed E-state index contributed by atoms with van der Waals surface area (Å²) in [6.07, 6.45) is 2.08. The van der Waals surface area contributed by atoms with Gasteiger partial charge in [0.25, 0.3) is 11.6 Å². The van der Waals surface area contributed by atoms with E-state index >= 15 is 0 Å². The number of nitrogens with zero attached hydrogens (tertiary/aromatic N) is 2. The highest BCUT2D eigenvalue weighted by Gasteiger charge is 2.60. The summed E-state index contributed by atoms with van der Waals surface area (Å²) in [4.78, 5) is 2.08. The van der Waals surface area contributed by atoms with Crippen molar-refractivity contribution in [3.05, 3.63) is 59.1 Å². The molecule has 2 unspecified atom stereocenters. The molecular weight excluding hydrogens is 336 g/mol. The lowest BCUT2D eigenvalue weighted by molar-refractivity contribution is -0.564. The van der Waals surface area contributed by atoms with Crippen LogP contribution in [0.3, 0.4) is 0 Å². The summed E-state index contributed by atoms with van der Waals surface area (Å²) >= 11 is 6.06. The van der Waals surface area contributed by atoms with Crippen molar-refractivity contribution in [1.82, 2.24) is 0 Å². The quantitative estimate of drug-likeness (QED) is 0.852. The van der Waals surface area contributed by atoms with Gasteiger partial charge in [0.05, 0.1) is 20.1 Å². The zero-order valence-corrected chi connectivity index (χ0v) is 15.2. The van der Waals surface area contributed by atoms with Crippen molar-refractivity contribution in [3.8, 4) is 5.75 Å². The lowest BCUT2D eigenvalue weighted by Gasteiger charge is -2.32. The molecule has 0 aliphatic carbocycles. The van der Waals surface area contributed by atoms with Gasteiger partial charge in [-0.1, -0.05) is 23.7 Å². The molecule has 0 amide bonds. The Labute approximate surface area is 152 Å². The van der Waals surface area contributed by atoms with E-state index in [-0.39, 0.29) is 6.04 Å². The van der Waals surface area contributed by atoms with Crippen LogP contribution in [0.25, 0.3) is 0 Å². The van der Waals surface area contributed by atoms with Crippen molar-refractivity contribution >= 4 is 23.1 Å². The van der Waals surface area contributed by atoms with Crippen LogP contribution in [0.4, 0.5) is 5.69 Å². The van der Waals surface area contributed by atoms with Gasteiger partial charge in [-0.05, 0) is 49.7 Å². The molecule has 130 valence electrons. The van der Waals surface area contributed by atoms with Gasteiger partial charge in [-0.2, -0.15) is 4.90 Å². The first-order valence-corrected chi connectivity index (χ1v) is 8.98. The van der Waals surface area contributed by atoms with Crippen molar-refractivity contribution < 1.29 is 14.4 Å². The van der Waals surface area contributed by atoms with Gasteiger partial charge in [0.15, 0.2) is 6.04 Å². The first-order chi connectivity index (χ1) is 12.1. The van der Waals surface area contributed by atoms with Gasteiger partial charge in [-0.25, -0.2) is 0 Å². The Morgan fingerprint density at radius 2 is 1.84 bits per heavy atom. The van der Waals surface area contributed by atoms with Crippen molar-refractivity contribution in [2.75, 3.05) is 18.6 Å². The molecule has 0 spiro atoms. The topological polar surface area (TPSA) is 35.7 Å². The molecule has 0 saturated carbocycles. The van der Waals surface area contributed by atoms with Crippen LogP contribution in [0.2, 0.25) is 5.02 Å². The number of hydrogen-bond donors (Lipinski definition) is 1. The van der Waals surface area contributed by atoms with E-state index in [0.717, 1.165) is 36.4 Å². The smallest absolute Gasteiger partial charge is 0.278 e. The van der Waals surface area contributed by atoms with Gasteiger partial charge in [0, 0.05) is 10.6 Å². The van der Waals surface area contributed by atoms with Crippen LogP contribution in [-0.4, -0.2) is 35.2 Å². The number of ether oxygens (including phenoxy) is 1. The number of benzene rings is 2. The van der Waals surface area contributed by atoms with Crippen molar-refractivity contribution in [3.63, 3.8) is 0 Å². The molecule has 0 aromatic heterocycles. The highest BCUT2D eigenvalue weighted by Crippen LogP contribution is 2.42. The molecule has 2 atom stereocenters. The highest BCUT2D eigenvalue weighted by molar-refractivity contribution is 6.30. The number of halogens is 1. The minimum absolute atomic E-state index is 0.0479. The lowest BCUT2D eigenvalue weighted by Crippen LogP contribution is -2.51. The highest BCUT2D eigenvalue weighted by atomic mass is 35.5. The van der Waals surface area contributed by atoms with Crippen LogP contribution in [0.1, 0.15) is 25.3 Å². The first kappa shape index (κ1) is 16.4. The van der Waals surface area contributed by atoms with Gasteiger partial charge >= 0.3 is 0 Å². The van der Waals surface area contributed by atoms with Crippen LogP contribution in [0.5, 0.6) is 5.75 Å². The normalized spacial score (nSPS) is 25.4. The minimum Gasteiger partial charge on any atom is -0.497 e.